The maximum absolute atomic E-state index is 6.15. The van der Waals surface area contributed by atoms with Crippen molar-refractivity contribution in [1.82, 2.24) is 19.7 Å². The van der Waals surface area contributed by atoms with Gasteiger partial charge in [-0.2, -0.15) is 5.10 Å². The maximum atomic E-state index is 6.15. The van der Waals surface area contributed by atoms with Crippen molar-refractivity contribution in [3.8, 4) is 0 Å². The third-order valence-corrected chi connectivity index (χ3v) is 3.37. The van der Waals surface area contributed by atoms with E-state index < -0.39 is 0 Å². The third kappa shape index (κ3) is 2.18. The Kier molecular flexibility index (Phi) is 2.70. The third-order valence-electron chi connectivity index (χ3n) is 3.01. The van der Waals surface area contributed by atoms with Crippen LogP contribution in [0.15, 0.2) is 12.3 Å². The van der Waals surface area contributed by atoms with E-state index in [1.54, 1.807) is 4.68 Å². The number of nitrogens with one attached hydrogen (secondary N) is 1. The molecule has 0 radical (unpaired) electrons. The van der Waals surface area contributed by atoms with Gasteiger partial charge in [-0.15, -0.1) is 0 Å². The summed E-state index contributed by atoms with van der Waals surface area (Å²) in [5, 5.41) is 7.98. The van der Waals surface area contributed by atoms with Gasteiger partial charge >= 0.3 is 0 Å². The Bertz CT molecular complexity index is 588. The monoisotopic (exact) mass is 263 g/mol. The first-order valence-electron chi connectivity index (χ1n) is 5.94. The van der Waals surface area contributed by atoms with Crippen LogP contribution in [0.3, 0.4) is 0 Å². The van der Waals surface area contributed by atoms with Crippen LogP contribution in [0.4, 0.5) is 11.6 Å². The number of halogens is 1. The average molecular weight is 264 g/mol. The van der Waals surface area contributed by atoms with Crippen molar-refractivity contribution in [1.29, 1.82) is 0 Å². The van der Waals surface area contributed by atoms with Gasteiger partial charge in [-0.3, -0.25) is 4.68 Å². The number of rotatable bonds is 3. The zero-order chi connectivity index (χ0) is 12.7. The number of hydrogen-bond donors (Lipinski definition) is 1. The molecule has 94 valence electrons. The Labute approximate surface area is 110 Å². The molecule has 5 nitrogen and oxygen atoms in total. The lowest BCUT2D eigenvalue weighted by atomic mass is 10.3. The van der Waals surface area contributed by atoms with Crippen molar-refractivity contribution >= 4 is 23.2 Å². The van der Waals surface area contributed by atoms with Gasteiger partial charge in [0.25, 0.3) is 0 Å². The topological polar surface area (TPSA) is 55.6 Å². The molecule has 0 aromatic carbocycles. The molecule has 0 bridgehead atoms. The molecule has 18 heavy (non-hydrogen) atoms. The van der Waals surface area contributed by atoms with E-state index in [9.17, 15) is 0 Å². The van der Waals surface area contributed by atoms with Gasteiger partial charge in [0, 0.05) is 30.8 Å². The SMILES string of the molecule is Cc1c(Cl)nc(C2CC2)nc1Nc1ccn(C)n1. The van der Waals surface area contributed by atoms with Gasteiger partial charge in [0.1, 0.15) is 16.8 Å². The Morgan fingerprint density at radius 1 is 1.39 bits per heavy atom. The highest BCUT2D eigenvalue weighted by molar-refractivity contribution is 6.30. The number of anilines is 2. The van der Waals surface area contributed by atoms with Crippen LogP contribution in [0.5, 0.6) is 0 Å². The van der Waals surface area contributed by atoms with E-state index in [2.05, 4.69) is 20.4 Å². The van der Waals surface area contributed by atoms with Crippen LogP contribution in [0.2, 0.25) is 5.15 Å². The second-order valence-corrected chi connectivity index (χ2v) is 4.98. The Balaban J connectivity index is 1.94. The fraction of sp³-hybridized carbons (Fsp3) is 0.417. The number of aryl methyl sites for hydroxylation is 1. The van der Waals surface area contributed by atoms with Crippen molar-refractivity contribution in [2.24, 2.45) is 7.05 Å². The van der Waals surface area contributed by atoms with E-state index in [0.717, 1.165) is 35.9 Å². The molecule has 2 heterocycles. The predicted octanol–water partition coefficient (Wildman–Crippen LogP) is 2.79. The van der Waals surface area contributed by atoms with Crippen LogP contribution in [0, 0.1) is 6.92 Å². The standard InChI is InChI=1S/C12H14ClN5/c1-7-10(13)15-12(8-3-4-8)16-11(7)14-9-5-6-18(2)17-9/h5-6,8H,3-4H2,1-2H3,(H,14,15,16,17). The number of hydrogen-bond acceptors (Lipinski definition) is 4. The zero-order valence-corrected chi connectivity index (χ0v) is 11.1. The fourth-order valence-electron chi connectivity index (χ4n) is 1.75. The quantitative estimate of drug-likeness (QED) is 0.865. The van der Waals surface area contributed by atoms with E-state index in [1.165, 1.54) is 0 Å². The highest BCUT2D eigenvalue weighted by Crippen LogP contribution is 2.39. The van der Waals surface area contributed by atoms with E-state index >= 15 is 0 Å². The number of aromatic nitrogens is 4. The largest absolute Gasteiger partial charge is 0.323 e. The van der Waals surface area contributed by atoms with Crippen LogP contribution < -0.4 is 5.32 Å². The van der Waals surface area contributed by atoms with Gasteiger partial charge in [-0.05, 0) is 19.8 Å². The van der Waals surface area contributed by atoms with E-state index in [0.29, 0.717) is 11.1 Å². The van der Waals surface area contributed by atoms with Crippen LogP contribution >= 0.6 is 11.6 Å². The summed E-state index contributed by atoms with van der Waals surface area (Å²) in [4.78, 5) is 8.87. The second-order valence-electron chi connectivity index (χ2n) is 4.62. The lowest BCUT2D eigenvalue weighted by molar-refractivity contribution is 0.770. The molecule has 0 aliphatic heterocycles. The van der Waals surface area contributed by atoms with Crippen molar-refractivity contribution in [3.05, 3.63) is 28.8 Å². The number of nitrogens with zero attached hydrogens (tertiary/aromatic N) is 4. The zero-order valence-electron chi connectivity index (χ0n) is 10.3. The van der Waals surface area contributed by atoms with Crippen molar-refractivity contribution in [2.45, 2.75) is 25.7 Å². The van der Waals surface area contributed by atoms with Crippen LogP contribution in [-0.4, -0.2) is 19.7 Å². The molecule has 2 aromatic rings. The van der Waals surface area contributed by atoms with Gasteiger partial charge in [0.15, 0.2) is 5.82 Å². The molecule has 6 heteroatoms. The minimum Gasteiger partial charge on any atom is -0.323 e. The van der Waals surface area contributed by atoms with Crippen LogP contribution in [0.1, 0.15) is 30.1 Å². The van der Waals surface area contributed by atoms with Gasteiger partial charge in [-0.1, -0.05) is 11.6 Å². The van der Waals surface area contributed by atoms with Crippen molar-refractivity contribution in [2.75, 3.05) is 5.32 Å². The smallest absolute Gasteiger partial charge is 0.153 e. The van der Waals surface area contributed by atoms with E-state index in [1.807, 2.05) is 26.2 Å². The lowest BCUT2D eigenvalue weighted by Gasteiger charge is -2.09. The lowest BCUT2D eigenvalue weighted by Crippen LogP contribution is -2.03. The first-order chi connectivity index (χ1) is 8.63. The summed E-state index contributed by atoms with van der Waals surface area (Å²) in [6.45, 7) is 1.91. The summed E-state index contributed by atoms with van der Waals surface area (Å²) in [6, 6.07) is 1.90. The van der Waals surface area contributed by atoms with Crippen molar-refractivity contribution < 1.29 is 0 Å². The minimum atomic E-state index is 0.479. The normalized spacial score (nSPS) is 14.8. The Hall–Kier alpha value is -1.62. The molecule has 0 atom stereocenters. The molecule has 3 rings (SSSR count). The minimum absolute atomic E-state index is 0.479. The Morgan fingerprint density at radius 3 is 2.78 bits per heavy atom. The molecule has 1 fully saturated rings. The first-order valence-corrected chi connectivity index (χ1v) is 6.32. The second kappa shape index (κ2) is 4.24. The fourth-order valence-corrected chi connectivity index (χ4v) is 1.93. The summed E-state index contributed by atoms with van der Waals surface area (Å²) < 4.78 is 1.74. The first kappa shape index (κ1) is 11.5. The van der Waals surface area contributed by atoms with Gasteiger partial charge in [-0.25, -0.2) is 9.97 Å². The highest BCUT2D eigenvalue weighted by atomic mass is 35.5. The molecule has 0 saturated heterocycles. The van der Waals surface area contributed by atoms with Crippen LogP contribution in [-0.2, 0) is 7.05 Å². The molecular weight excluding hydrogens is 250 g/mol. The molecule has 2 aromatic heterocycles. The molecule has 0 unspecified atom stereocenters. The summed E-state index contributed by atoms with van der Waals surface area (Å²) >= 11 is 6.15. The predicted molar refractivity (Wildman–Crippen MR) is 70.2 cm³/mol. The molecule has 1 N–H and O–H groups in total. The molecular formula is C12H14ClN5. The summed E-state index contributed by atoms with van der Waals surface area (Å²) in [6.07, 6.45) is 4.19. The molecule has 1 aliphatic rings. The van der Waals surface area contributed by atoms with Crippen molar-refractivity contribution in [3.63, 3.8) is 0 Å². The molecule has 1 saturated carbocycles. The maximum Gasteiger partial charge on any atom is 0.153 e. The van der Waals surface area contributed by atoms with Gasteiger partial charge < -0.3 is 5.32 Å². The van der Waals surface area contributed by atoms with E-state index in [4.69, 9.17) is 11.6 Å². The summed E-state index contributed by atoms with van der Waals surface area (Å²) in [7, 11) is 1.88. The highest BCUT2D eigenvalue weighted by Gasteiger charge is 2.28. The Morgan fingerprint density at radius 2 is 2.17 bits per heavy atom. The molecule has 1 aliphatic carbocycles. The molecule has 0 amide bonds. The summed E-state index contributed by atoms with van der Waals surface area (Å²) in [5.74, 6) is 2.82. The average Bonchev–Trinajstić information content (AvgIpc) is 3.10. The van der Waals surface area contributed by atoms with E-state index in [-0.39, 0.29) is 0 Å². The van der Waals surface area contributed by atoms with Gasteiger partial charge in [0.2, 0.25) is 0 Å². The molecule has 0 spiro atoms. The van der Waals surface area contributed by atoms with Gasteiger partial charge in [0.05, 0.1) is 0 Å². The summed E-state index contributed by atoms with van der Waals surface area (Å²) in [5.41, 5.74) is 0.853. The van der Waals surface area contributed by atoms with Crippen LogP contribution in [0.25, 0.3) is 0 Å².